The second kappa shape index (κ2) is 10.3. The van der Waals surface area contributed by atoms with Gasteiger partial charge in [-0.05, 0) is 49.5 Å². The van der Waals surface area contributed by atoms with Gasteiger partial charge in [-0.1, -0.05) is 26.0 Å². The van der Waals surface area contributed by atoms with E-state index in [4.69, 9.17) is 0 Å². The fourth-order valence-electron chi connectivity index (χ4n) is 3.49. The normalized spacial score (nSPS) is 16.4. The van der Waals surface area contributed by atoms with E-state index in [9.17, 15) is 4.79 Å². The lowest BCUT2D eigenvalue weighted by molar-refractivity contribution is 0.0827. The highest BCUT2D eigenvalue weighted by atomic mass is 16.2. The van der Waals surface area contributed by atoms with E-state index in [1.165, 1.54) is 25.9 Å². The Labute approximate surface area is 164 Å². The molecular formula is C21H35N5O. The summed E-state index contributed by atoms with van der Waals surface area (Å²) in [5.74, 6) is 1.44. The number of nitrogens with one attached hydrogen (secondary N) is 2. The minimum Gasteiger partial charge on any atom is -0.355 e. The van der Waals surface area contributed by atoms with Gasteiger partial charge in [0.15, 0.2) is 5.96 Å². The molecule has 2 N–H and O–H groups in total. The highest BCUT2D eigenvalue weighted by Crippen LogP contribution is 2.17. The molecule has 0 radical (unpaired) electrons. The van der Waals surface area contributed by atoms with Crippen LogP contribution in [0.1, 0.15) is 42.6 Å². The van der Waals surface area contributed by atoms with Crippen molar-refractivity contribution in [1.29, 1.82) is 0 Å². The Morgan fingerprint density at radius 3 is 2.30 bits per heavy atom. The van der Waals surface area contributed by atoms with Crippen molar-refractivity contribution in [2.24, 2.45) is 10.9 Å². The molecule has 1 aliphatic heterocycles. The average Bonchev–Trinajstić information content (AvgIpc) is 3.18. The lowest BCUT2D eigenvalue weighted by Crippen LogP contribution is -2.48. The predicted molar refractivity (Wildman–Crippen MR) is 112 cm³/mol. The van der Waals surface area contributed by atoms with Gasteiger partial charge in [0.05, 0.1) is 0 Å². The average molecular weight is 374 g/mol. The number of rotatable bonds is 7. The fraction of sp³-hybridized carbons (Fsp3) is 0.619. The zero-order chi connectivity index (χ0) is 19.8. The number of hydrogen-bond acceptors (Lipinski definition) is 3. The van der Waals surface area contributed by atoms with E-state index in [1.807, 2.05) is 24.3 Å². The van der Waals surface area contributed by atoms with Crippen LogP contribution in [0.2, 0.25) is 0 Å². The number of nitrogens with zero attached hydrogens (tertiary/aromatic N) is 3. The highest BCUT2D eigenvalue weighted by molar-refractivity contribution is 5.93. The smallest absolute Gasteiger partial charge is 0.253 e. The first-order valence-corrected chi connectivity index (χ1v) is 9.91. The molecule has 27 heavy (non-hydrogen) atoms. The molecule has 1 unspecified atom stereocenters. The van der Waals surface area contributed by atoms with Crippen molar-refractivity contribution in [2.75, 3.05) is 40.8 Å². The third kappa shape index (κ3) is 6.24. The number of likely N-dealkylation sites (tertiary alicyclic amines) is 1. The van der Waals surface area contributed by atoms with Gasteiger partial charge in [0.1, 0.15) is 0 Å². The van der Waals surface area contributed by atoms with Gasteiger partial charge in [-0.15, -0.1) is 0 Å². The van der Waals surface area contributed by atoms with Crippen LogP contribution in [0.3, 0.4) is 0 Å². The Balaban J connectivity index is 1.85. The molecule has 0 spiro atoms. The Morgan fingerprint density at radius 1 is 1.15 bits per heavy atom. The second-order valence-electron chi connectivity index (χ2n) is 7.76. The third-order valence-corrected chi connectivity index (χ3v) is 5.15. The molecule has 6 heteroatoms. The van der Waals surface area contributed by atoms with Crippen LogP contribution in [0.15, 0.2) is 29.3 Å². The molecule has 1 atom stereocenters. The molecule has 1 aromatic rings. The lowest BCUT2D eigenvalue weighted by Gasteiger charge is -2.31. The Morgan fingerprint density at radius 2 is 1.78 bits per heavy atom. The summed E-state index contributed by atoms with van der Waals surface area (Å²) in [5, 5.41) is 6.85. The van der Waals surface area contributed by atoms with Crippen molar-refractivity contribution in [1.82, 2.24) is 20.4 Å². The summed E-state index contributed by atoms with van der Waals surface area (Å²) < 4.78 is 0. The molecule has 1 saturated heterocycles. The zero-order valence-electron chi connectivity index (χ0n) is 17.5. The maximum absolute atomic E-state index is 12.0. The van der Waals surface area contributed by atoms with Crippen LogP contribution in [0.25, 0.3) is 0 Å². The summed E-state index contributed by atoms with van der Waals surface area (Å²) in [4.78, 5) is 20.5. The fourth-order valence-corrected chi connectivity index (χ4v) is 3.49. The van der Waals surface area contributed by atoms with Gasteiger partial charge in [0.2, 0.25) is 0 Å². The van der Waals surface area contributed by atoms with Crippen LogP contribution in [0.4, 0.5) is 0 Å². The maximum atomic E-state index is 12.0. The number of carbonyl (C=O) groups is 1. The first-order valence-electron chi connectivity index (χ1n) is 9.91. The summed E-state index contributed by atoms with van der Waals surface area (Å²) >= 11 is 0. The van der Waals surface area contributed by atoms with Crippen LogP contribution in [0, 0.1) is 5.92 Å². The first kappa shape index (κ1) is 21.2. The number of amides is 1. The molecule has 1 aromatic carbocycles. The molecule has 0 aliphatic carbocycles. The van der Waals surface area contributed by atoms with Crippen molar-refractivity contribution in [2.45, 2.75) is 39.3 Å². The van der Waals surface area contributed by atoms with Crippen molar-refractivity contribution in [3.8, 4) is 0 Å². The van der Waals surface area contributed by atoms with Gasteiger partial charge in [-0.3, -0.25) is 14.7 Å². The Kier molecular flexibility index (Phi) is 8.10. The van der Waals surface area contributed by atoms with Crippen molar-refractivity contribution in [3.05, 3.63) is 35.4 Å². The van der Waals surface area contributed by atoms with E-state index in [0.29, 0.717) is 24.1 Å². The van der Waals surface area contributed by atoms with Gasteiger partial charge in [0, 0.05) is 45.8 Å². The monoisotopic (exact) mass is 373 g/mol. The molecule has 1 heterocycles. The Hall–Kier alpha value is -2.08. The Bertz CT molecular complexity index is 618. The molecule has 6 nitrogen and oxygen atoms in total. The van der Waals surface area contributed by atoms with Crippen LogP contribution >= 0.6 is 0 Å². The molecule has 150 valence electrons. The van der Waals surface area contributed by atoms with E-state index in [-0.39, 0.29) is 5.91 Å². The second-order valence-corrected chi connectivity index (χ2v) is 7.76. The predicted octanol–water partition coefficient (Wildman–Crippen LogP) is 2.17. The van der Waals surface area contributed by atoms with E-state index >= 15 is 0 Å². The van der Waals surface area contributed by atoms with E-state index in [2.05, 4.69) is 34.4 Å². The molecule has 2 rings (SSSR count). The molecule has 1 fully saturated rings. The van der Waals surface area contributed by atoms with Gasteiger partial charge < -0.3 is 15.5 Å². The zero-order valence-corrected chi connectivity index (χ0v) is 17.5. The molecule has 0 saturated carbocycles. The van der Waals surface area contributed by atoms with Crippen molar-refractivity contribution >= 4 is 11.9 Å². The first-order chi connectivity index (χ1) is 12.9. The van der Waals surface area contributed by atoms with Crippen LogP contribution in [-0.4, -0.2) is 68.5 Å². The highest BCUT2D eigenvalue weighted by Gasteiger charge is 2.24. The molecular weight excluding hydrogens is 338 g/mol. The standard InChI is InChI=1S/C21H35N5O/c1-16(2)19(26-12-6-7-13-26)15-24-21(22-3)23-14-17-8-10-18(11-9-17)20(27)25(4)5/h8-11,16,19H,6-7,12-15H2,1-5H3,(H2,22,23,24). The van der Waals surface area contributed by atoms with Gasteiger partial charge in [-0.25, -0.2) is 0 Å². The van der Waals surface area contributed by atoms with Crippen LogP contribution < -0.4 is 10.6 Å². The topological polar surface area (TPSA) is 60.0 Å². The quantitative estimate of drug-likeness (QED) is 0.568. The summed E-state index contributed by atoms with van der Waals surface area (Å²) in [6.45, 7) is 8.55. The van der Waals surface area contributed by atoms with Crippen LogP contribution in [0.5, 0.6) is 0 Å². The number of benzene rings is 1. The maximum Gasteiger partial charge on any atom is 0.253 e. The van der Waals surface area contributed by atoms with Gasteiger partial charge in [0.25, 0.3) is 5.91 Å². The van der Waals surface area contributed by atoms with Gasteiger partial charge in [-0.2, -0.15) is 0 Å². The lowest BCUT2D eigenvalue weighted by atomic mass is 10.0. The largest absolute Gasteiger partial charge is 0.355 e. The number of hydrogen-bond donors (Lipinski definition) is 2. The van der Waals surface area contributed by atoms with E-state index in [1.54, 1.807) is 26.0 Å². The van der Waals surface area contributed by atoms with Gasteiger partial charge >= 0.3 is 0 Å². The van der Waals surface area contributed by atoms with Crippen molar-refractivity contribution < 1.29 is 4.79 Å². The summed E-state index contributed by atoms with van der Waals surface area (Å²) in [7, 11) is 5.33. The summed E-state index contributed by atoms with van der Waals surface area (Å²) in [5.41, 5.74) is 1.82. The third-order valence-electron chi connectivity index (χ3n) is 5.15. The minimum atomic E-state index is 0.0219. The summed E-state index contributed by atoms with van der Waals surface area (Å²) in [6, 6.07) is 8.24. The number of guanidine groups is 1. The molecule has 1 aliphatic rings. The molecule has 0 aromatic heterocycles. The summed E-state index contributed by atoms with van der Waals surface area (Å²) in [6.07, 6.45) is 2.62. The molecule has 1 amide bonds. The van der Waals surface area contributed by atoms with E-state index in [0.717, 1.165) is 18.1 Å². The van der Waals surface area contributed by atoms with Crippen molar-refractivity contribution in [3.63, 3.8) is 0 Å². The SMILES string of the molecule is CN=C(NCc1ccc(C(=O)N(C)C)cc1)NCC(C(C)C)N1CCCC1. The number of carbonyl (C=O) groups excluding carboxylic acids is 1. The van der Waals surface area contributed by atoms with Crippen LogP contribution in [-0.2, 0) is 6.54 Å². The van der Waals surface area contributed by atoms with E-state index < -0.39 is 0 Å². The number of aliphatic imine (C=N–C) groups is 1. The molecule has 0 bridgehead atoms. The minimum absolute atomic E-state index is 0.0219.